The molecule has 1 aliphatic carbocycles. The van der Waals surface area contributed by atoms with Crippen LogP contribution < -0.4 is 4.90 Å². The minimum atomic E-state index is -3.40. The molecule has 0 radical (unpaired) electrons. The van der Waals surface area contributed by atoms with E-state index in [4.69, 9.17) is 4.52 Å². The highest BCUT2D eigenvalue weighted by molar-refractivity contribution is 7.86. The highest BCUT2D eigenvalue weighted by Gasteiger charge is 2.35. The first-order valence-electron chi connectivity index (χ1n) is 9.21. The predicted molar refractivity (Wildman–Crippen MR) is 95.7 cm³/mol. The standard InChI is InChI=1S/C16H29N5O3S/c1-13(2)15-17-16(24-18-15)20-9-11-21(12-10-20)25(22,23)19(3)14-7-5-4-6-8-14/h13-14H,4-12H2,1-3H3. The van der Waals surface area contributed by atoms with E-state index in [1.54, 1.807) is 15.7 Å². The van der Waals surface area contributed by atoms with Gasteiger partial charge in [0.05, 0.1) is 0 Å². The Morgan fingerprint density at radius 2 is 1.76 bits per heavy atom. The molecular formula is C16H29N5O3S. The molecule has 0 atom stereocenters. The summed E-state index contributed by atoms with van der Waals surface area (Å²) in [6, 6.07) is 0.628. The van der Waals surface area contributed by atoms with Gasteiger partial charge in [-0.2, -0.15) is 22.0 Å². The summed E-state index contributed by atoms with van der Waals surface area (Å²) >= 11 is 0. The fraction of sp³-hybridized carbons (Fsp3) is 0.875. The van der Waals surface area contributed by atoms with Gasteiger partial charge in [0.15, 0.2) is 5.82 Å². The van der Waals surface area contributed by atoms with Gasteiger partial charge in [0.1, 0.15) is 0 Å². The number of rotatable bonds is 5. The second-order valence-corrected chi connectivity index (χ2v) is 9.28. The maximum atomic E-state index is 12.9. The van der Waals surface area contributed by atoms with Crippen LogP contribution in [0.4, 0.5) is 6.01 Å². The van der Waals surface area contributed by atoms with E-state index in [1.807, 2.05) is 18.7 Å². The van der Waals surface area contributed by atoms with Crippen molar-refractivity contribution in [2.24, 2.45) is 0 Å². The van der Waals surface area contributed by atoms with E-state index in [2.05, 4.69) is 10.1 Å². The van der Waals surface area contributed by atoms with Crippen molar-refractivity contribution in [3.05, 3.63) is 5.82 Å². The lowest BCUT2D eigenvalue weighted by atomic mass is 9.96. The third-order valence-electron chi connectivity index (χ3n) is 5.24. The molecule has 2 fully saturated rings. The molecule has 9 heteroatoms. The van der Waals surface area contributed by atoms with Crippen LogP contribution in [0.1, 0.15) is 57.7 Å². The van der Waals surface area contributed by atoms with Crippen molar-refractivity contribution >= 4 is 16.2 Å². The summed E-state index contributed by atoms with van der Waals surface area (Å²) in [4.78, 5) is 6.36. The average molecular weight is 372 g/mol. The van der Waals surface area contributed by atoms with E-state index in [0.29, 0.717) is 38.0 Å². The molecule has 1 aromatic heterocycles. The Labute approximate surface area is 150 Å². The van der Waals surface area contributed by atoms with Crippen molar-refractivity contribution in [1.82, 2.24) is 18.8 Å². The number of hydrogen-bond donors (Lipinski definition) is 0. The highest BCUT2D eigenvalue weighted by Crippen LogP contribution is 2.26. The number of aromatic nitrogens is 2. The van der Waals surface area contributed by atoms with Gasteiger partial charge in [-0.1, -0.05) is 38.3 Å². The molecule has 0 amide bonds. The third-order valence-corrected chi connectivity index (χ3v) is 7.28. The van der Waals surface area contributed by atoms with Crippen LogP contribution in [0, 0.1) is 0 Å². The summed E-state index contributed by atoms with van der Waals surface area (Å²) in [6.07, 6.45) is 5.39. The number of nitrogens with zero attached hydrogens (tertiary/aromatic N) is 5. The first-order valence-corrected chi connectivity index (χ1v) is 10.6. The Hall–Kier alpha value is -1.19. The molecule has 142 valence electrons. The van der Waals surface area contributed by atoms with Gasteiger partial charge in [-0.15, -0.1) is 0 Å². The summed E-state index contributed by atoms with van der Waals surface area (Å²) in [6.45, 7) is 6.05. The maximum absolute atomic E-state index is 12.9. The monoisotopic (exact) mass is 371 g/mol. The molecule has 0 spiro atoms. The Kier molecular flexibility index (Phi) is 5.65. The van der Waals surface area contributed by atoms with Crippen LogP contribution >= 0.6 is 0 Å². The van der Waals surface area contributed by atoms with Crippen molar-refractivity contribution in [2.75, 3.05) is 38.1 Å². The molecule has 2 aliphatic rings. The number of anilines is 1. The number of hydrogen-bond acceptors (Lipinski definition) is 6. The zero-order valence-electron chi connectivity index (χ0n) is 15.4. The molecule has 0 bridgehead atoms. The molecule has 3 rings (SSSR count). The van der Waals surface area contributed by atoms with E-state index in [9.17, 15) is 8.42 Å². The first kappa shape index (κ1) is 18.6. The molecule has 25 heavy (non-hydrogen) atoms. The van der Waals surface area contributed by atoms with Crippen LogP contribution in [0.2, 0.25) is 0 Å². The summed E-state index contributed by atoms with van der Waals surface area (Å²) in [5.41, 5.74) is 0. The molecular weight excluding hydrogens is 342 g/mol. The van der Waals surface area contributed by atoms with Gasteiger partial charge in [0, 0.05) is 45.2 Å². The zero-order chi connectivity index (χ0) is 18.0. The van der Waals surface area contributed by atoms with Gasteiger partial charge < -0.3 is 9.42 Å². The predicted octanol–water partition coefficient (Wildman–Crippen LogP) is 1.82. The maximum Gasteiger partial charge on any atom is 0.324 e. The molecule has 1 saturated heterocycles. The van der Waals surface area contributed by atoms with Crippen molar-refractivity contribution in [3.8, 4) is 0 Å². The lowest BCUT2D eigenvalue weighted by molar-refractivity contribution is 0.257. The van der Waals surface area contributed by atoms with Gasteiger partial charge in [0.2, 0.25) is 0 Å². The lowest BCUT2D eigenvalue weighted by Gasteiger charge is -2.38. The molecule has 0 unspecified atom stereocenters. The largest absolute Gasteiger partial charge is 0.324 e. The van der Waals surface area contributed by atoms with Crippen molar-refractivity contribution in [1.29, 1.82) is 0 Å². The molecule has 2 heterocycles. The van der Waals surface area contributed by atoms with Crippen molar-refractivity contribution < 1.29 is 12.9 Å². The van der Waals surface area contributed by atoms with Crippen LogP contribution in [0.5, 0.6) is 0 Å². The van der Waals surface area contributed by atoms with Crippen LogP contribution in [0.15, 0.2) is 4.52 Å². The fourth-order valence-corrected chi connectivity index (χ4v) is 5.09. The Balaban J connectivity index is 1.60. The lowest BCUT2D eigenvalue weighted by Crippen LogP contribution is -2.54. The zero-order valence-corrected chi connectivity index (χ0v) is 16.2. The van der Waals surface area contributed by atoms with E-state index in [0.717, 1.165) is 25.7 Å². The fourth-order valence-electron chi connectivity index (χ4n) is 3.51. The molecule has 1 aromatic rings. The van der Waals surface area contributed by atoms with E-state index >= 15 is 0 Å². The van der Waals surface area contributed by atoms with Gasteiger partial charge >= 0.3 is 6.01 Å². The molecule has 0 aromatic carbocycles. The second-order valence-electron chi connectivity index (χ2n) is 7.29. The van der Waals surface area contributed by atoms with Crippen LogP contribution in [-0.4, -0.2) is 66.4 Å². The minimum absolute atomic E-state index is 0.140. The van der Waals surface area contributed by atoms with Crippen LogP contribution in [0.25, 0.3) is 0 Å². The molecule has 1 aliphatic heterocycles. The van der Waals surface area contributed by atoms with Gasteiger partial charge in [-0.3, -0.25) is 0 Å². The Morgan fingerprint density at radius 3 is 2.32 bits per heavy atom. The molecule has 8 nitrogen and oxygen atoms in total. The Bertz CT molecular complexity index is 661. The van der Waals surface area contributed by atoms with Crippen molar-refractivity contribution in [3.63, 3.8) is 0 Å². The van der Waals surface area contributed by atoms with Crippen LogP contribution in [-0.2, 0) is 10.2 Å². The topological polar surface area (TPSA) is 82.8 Å². The summed E-state index contributed by atoms with van der Waals surface area (Å²) in [5, 5.41) is 3.98. The minimum Gasteiger partial charge on any atom is -0.322 e. The van der Waals surface area contributed by atoms with Gasteiger partial charge in [-0.25, -0.2) is 0 Å². The van der Waals surface area contributed by atoms with Crippen molar-refractivity contribution in [2.45, 2.75) is 57.9 Å². The summed E-state index contributed by atoms with van der Waals surface area (Å²) in [5.74, 6) is 0.894. The quantitative estimate of drug-likeness (QED) is 0.785. The molecule has 1 saturated carbocycles. The average Bonchev–Trinajstić information content (AvgIpc) is 3.12. The number of piperazine rings is 1. The van der Waals surface area contributed by atoms with E-state index in [-0.39, 0.29) is 12.0 Å². The first-order chi connectivity index (χ1) is 11.9. The smallest absolute Gasteiger partial charge is 0.322 e. The van der Waals surface area contributed by atoms with Gasteiger partial charge in [0.25, 0.3) is 10.2 Å². The van der Waals surface area contributed by atoms with Gasteiger partial charge in [-0.05, 0) is 12.8 Å². The van der Waals surface area contributed by atoms with E-state index < -0.39 is 10.2 Å². The SMILES string of the molecule is CC(C)c1noc(N2CCN(S(=O)(=O)N(C)C3CCCCC3)CC2)n1. The van der Waals surface area contributed by atoms with Crippen LogP contribution in [0.3, 0.4) is 0 Å². The van der Waals surface area contributed by atoms with E-state index in [1.165, 1.54) is 6.42 Å². The molecule has 0 N–H and O–H groups in total. The summed E-state index contributed by atoms with van der Waals surface area (Å²) < 4.78 is 34.3. The highest BCUT2D eigenvalue weighted by atomic mass is 32.2. The Morgan fingerprint density at radius 1 is 1.12 bits per heavy atom. The third kappa shape index (κ3) is 3.98. The summed E-state index contributed by atoms with van der Waals surface area (Å²) in [7, 11) is -1.68. The normalized spacial score (nSPS) is 21.4. The second kappa shape index (κ2) is 7.59.